The lowest BCUT2D eigenvalue weighted by Gasteiger charge is -2.30. The molecule has 78 valence electrons. The zero-order chi connectivity index (χ0) is 10.4. The molecule has 0 heterocycles. The number of nitrogens with zero attached hydrogens (tertiary/aromatic N) is 1. The summed E-state index contributed by atoms with van der Waals surface area (Å²) < 4.78 is 0. The minimum absolute atomic E-state index is 0.254. The van der Waals surface area contributed by atoms with Crippen molar-refractivity contribution in [3.63, 3.8) is 0 Å². The van der Waals surface area contributed by atoms with Crippen LogP contribution in [0.4, 0.5) is 0 Å². The standard InChI is InChI=1S/C11H23NO/c1-6-7-11(9(2)3)12(5)8-10(4)13/h9,11H,6-8H2,1-5H3. The lowest BCUT2D eigenvalue weighted by Crippen LogP contribution is -2.38. The highest BCUT2D eigenvalue weighted by Crippen LogP contribution is 2.14. The predicted octanol–water partition coefficient (Wildman–Crippen LogP) is 2.33. The lowest BCUT2D eigenvalue weighted by molar-refractivity contribution is -0.118. The maximum Gasteiger partial charge on any atom is 0.143 e. The maximum atomic E-state index is 10.9. The zero-order valence-electron chi connectivity index (χ0n) is 9.63. The minimum atomic E-state index is 0.254. The van der Waals surface area contributed by atoms with Crippen molar-refractivity contribution in [2.75, 3.05) is 13.6 Å². The first kappa shape index (κ1) is 12.6. The number of carbonyl (C=O) groups excluding carboxylic acids is 1. The van der Waals surface area contributed by atoms with Crippen molar-refractivity contribution in [2.45, 2.75) is 46.6 Å². The summed E-state index contributed by atoms with van der Waals surface area (Å²) in [7, 11) is 2.04. The average Bonchev–Trinajstić information content (AvgIpc) is 1.97. The van der Waals surface area contributed by atoms with E-state index in [1.807, 2.05) is 7.05 Å². The molecule has 1 atom stereocenters. The highest BCUT2D eigenvalue weighted by molar-refractivity contribution is 5.77. The molecule has 0 aliphatic rings. The van der Waals surface area contributed by atoms with Gasteiger partial charge in [0.1, 0.15) is 5.78 Å². The summed E-state index contributed by atoms with van der Waals surface area (Å²) in [5.74, 6) is 0.883. The molecule has 0 N–H and O–H groups in total. The molecule has 0 aromatic rings. The molecule has 0 aliphatic heterocycles. The van der Waals surface area contributed by atoms with Gasteiger partial charge in [-0.2, -0.15) is 0 Å². The fourth-order valence-electron chi connectivity index (χ4n) is 1.83. The third kappa shape index (κ3) is 5.04. The molecule has 0 aliphatic carbocycles. The topological polar surface area (TPSA) is 20.3 Å². The van der Waals surface area contributed by atoms with Gasteiger partial charge in [0.2, 0.25) is 0 Å². The maximum absolute atomic E-state index is 10.9. The molecule has 0 radical (unpaired) electrons. The third-order valence-corrected chi connectivity index (χ3v) is 2.39. The van der Waals surface area contributed by atoms with Gasteiger partial charge >= 0.3 is 0 Å². The van der Waals surface area contributed by atoms with E-state index in [0.29, 0.717) is 18.5 Å². The fourth-order valence-corrected chi connectivity index (χ4v) is 1.83. The number of carbonyl (C=O) groups is 1. The van der Waals surface area contributed by atoms with Crippen molar-refractivity contribution in [3.8, 4) is 0 Å². The van der Waals surface area contributed by atoms with Crippen molar-refractivity contribution in [2.24, 2.45) is 5.92 Å². The van der Waals surface area contributed by atoms with E-state index in [1.165, 1.54) is 12.8 Å². The van der Waals surface area contributed by atoms with Crippen molar-refractivity contribution < 1.29 is 4.79 Å². The molecule has 2 heteroatoms. The second-order valence-electron chi connectivity index (χ2n) is 4.22. The highest BCUT2D eigenvalue weighted by Gasteiger charge is 2.18. The summed E-state index contributed by atoms with van der Waals surface area (Å²) >= 11 is 0. The SMILES string of the molecule is CCCC(C(C)C)N(C)CC(C)=O. The largest absolute Gasteiger partial charge is 0.299 e. The van der Waals surface area contributed by atoms with Crippen molar-refractivity contribution in [3.05, 3.63) is 0 Å². The van der Waals surface area contributed by atoms with Crippen LogP contribution in [0.25, 0.3) is 0 Å². The van der Waals surface area contributed by atoms with E-state index in [4.69, 9.17) is 0 Å². The fraction of sp³-hybridized carbons (Fsp3) is 0.909. The number of Topliss-reactive ketones (excluding diaryl/α,β-unsaturated/α-hetero) is 1. The number of rotatable bonds is 6. The van der Waals surface area contributed by atoms with Crippen LogP contribution < -0.4 is 0 Å². The molecule has 0 fully saturated rings. The Balaban J connectivity index is 4.10. The van der Waals surface area contributed by atoms with Crippen LogP contribution >= 0.6 is 0 Å². The van der Waals surface area contributed by atoms with E-state index in [0.717, 1.165) is 0 Å². The second-order valence-corrected chi connectivity index (χ2v) is 4.22. The lowest BCUT2D eigenvalue weighted by atomic mass is 9.98. The van der Waals surface area contributed by atoms with Crippen LogP contribution in [0.3, 0.4) is 0 Å². The quantitative estimate of drug-likeness (QED) is 0.633. The second kappa shape index (κ2) is 6.14. The Labute approximate surface area is 82.3 Å². The Morgan fingerprint density at radius 3 is 2.23 bits per heavy atom. The molecule has 0 saturated heterocycles. The Morgan fingerprint density at radius 1 is 1.38 bits per heavy atom. The Morgan fingerprint density at radius 2 is 1.92 bits per heavy atom. The normalized spacial score (nSPS) is 13.8. The van der Waals surface area contributed by atoms with Gasteiger partial charge in [-0.15, -0.1) is 0 Å². The Kier molecular flexibility index (Phi) is 5.97. The molecular weight excluding hydrogens is 162 g/mol. The van der Waals surface area contributed by atoms with Crippen LogP contribution in [0.5, 0.6) is 0 Å². The molecule has 0 rings (SSSR count). The number of ketones is 1. The molecule has 0 amide bonds. The van der Waals surface area contributed by atoms with Gasteiger partial charge in [0.05, 0.1) is 6.54 Å². The first-order valence-electron chi connectivity index (χ1n) is 5.18. The van der Waals surface area contributed by atoms with Gasteiger partial charge < -0.3 is 0 Å². The Bertz CT molecular complexity index is 154. The van der Waals surface area contributed by atoms with Crippen molar-refractivity contribution >= 4 is 5.78 Å². The summed E-state index contributed by atoms with van der Waals surface area (Å²) in [6.45, 7) is 8.87. The molecule has 0 aromatic carbocycles. The predicted molar refractivity (Wildman–Crippen MR) is 56.8 cm³/mol. The zero-order valence-corrected chi connectivity index (χ0v) is 9.63. The van der Waals surface area contributed by atoms with Gasteiger partial charge in [-0.3, -0.25) is 9.69 Å². The number of hydrogen-bond acceptors (Lipinski definition) is 2. The highest BCUT2D eigenvalue weighted by atomic mass is 16.1. The van der Waals surface area contributed by atoms with Crippen molar-refractivity contribution in [1.29, 1.82) is 0 Å². The Hall–Kier alpha value is -0.370. The minimum Gasteiger partial charge on any atom is -0.299 e. The van der Waals surface area contributed by atoms with Crippen molar-refractivity contribution in [1.82, 2.24) is 4.90 Å². The van der Waals surface area contributed by atoms with Gasteiger partial charge in [0.25, 0.3) is 0 Å². The molecule has 13 heavy (non-hydrogen) atoms. The van der Waals surface area contributed by atoms with Gasteiger partial charge in [-0.25, -0.2) is 0 Å². The van der Waals surface area contributed by atoms with E-state index in [-0.39, 0.29) is 5.78 Å². The molecule has 0 saturated carbocycles. The van der Waals surface area contributed by atoms with E-state index in [9.17, 15) is 4.79 Å². The molecule has 0 aromatic heterocycles. The van der Waals surface area contributed by atoms with Gasteiger partial charge in [-0.1, -0.05) is 27.2 Å². The molecular formula is C11H23NO. The van der Waals surface area contributed by atoms with E-state index < -0.39 is 0 Å². The van der Waals surface area contributed by atoms with Crippen LogP contribution in [0.1, 0.15) is 40.5 Å². The monoisotopic (exact) mass is 185 g/mol. The molecule has 1 unspecified atom stereocenters. The number of likely N-dealkylation sites (N-methyl/N-ethyl adjacent to an activating group) is 1. The summed E-state index contributed by atoms with van der Waals surface area (Å²) in [6, 6.07) is 0.550. The van der Waals surface area contributed by atoms with E-state index in [2.05, 4.69) is 25.7 Å². The molecule has 0 spiro atoms. The van der Waals surface area contributed by atoms with Gasteiger partial charge in [-0.05, 0) is 26.3 Å². The van der Waals surface area contributed by atoms with Crippen LogP contribution in [0.2, 0.25) is 0 Å². The van der Waals surface area contributed by atoms with Gasteiger partial charge in [0.15, 0.2) is 0 Å². The first-order chi connectivity index (χ1) is 5.99. The first-order valence-corrected chi connectivity index (χ1v) is 5.18. The summed E-state index contributed by atoms with van der Waals surface area (Å²) in [6.07, 6.45) is 2.37. The molecule has 2 nitrogen and oxygen atoms in total. The third-order valence-electron chi connectivity index (χ3n) is 2.39. The number of hydrogen-bond donors (Lipinski definition) is 0. The van der Waals surface area contributed by atoms with Crippen LogP contribution in [-0.4, -0.2) is 30.3 Å². The van der Waals surface area contributed by atoms with Crippen LogP contribution in [0, 0.1) is 5.92 Å². The van der Waals surface area contributed by atoms with Gasteiger partial charge in [0, 0.05) is 6.04 Å². The summed E-state index contributed by atoms with van der Waals surface area (Å²) in [4.78, 5) is 13.1. The molecule has 0 bridgehead atoms. The summed E-state index contributed by atoms with van der Waals surface area (Å²) in [5, 5.41) is 0. The summed E-state index contributed by atoms with van der Waals surface area (Å²) in [5.41, 5.74) is 0. The average molecular weight is 185 g/mol. The van der Waals surface area contributed by atoms with E-state index >= 15 is 0 Å². The smallest absolute Gasteiger partial charge is 0.143 e. The van der Waals surface area contributed by atoms with E-state index in [1.54, 1.807) is 6.92 Å². The van der Waals surface area contributed by atoms with Crippen LogP contribution in [0.15, 0.2) is 0 Å². The van der Waals surface area contributed by atoms with Crippen LogP contribution in [-0.2, 0) is 4.79 Å².